The molecule has 3 rings (SSSR count). The Kier molecular flexibility index (Phi) is 9.18. The molecule has 0 aliphatic carbocycles. The van der Waals surface area contributed by atoms with Crippen molar-refractivity contribution in [1.29, 1.82) is 0 Å². The van der Waals surface area contributed by atoms with Crippen molar-refractivity contribution < 1.29 is 22.7 Å². The molecule has 1 N–H and O–H groups in total. The van der Waals surface area contributed by atoms with Crippen molar-refractivity contribution in [2.45, 2.75) is 33.1 Å². The van der Waals surface area contributed by atoms with E-state index in [-0.39, 0.29) is 18.4 Å². The Bertz CT molecular complexity index is 1030. The molecule has 1 amide bonds. The topological polar surface area (TPSA) is 88.2 Å². The highest BCUT2D eigenvalue weighted by Crippen LogP contribution is 2.27. The molecule has 0 saturated carbocycles. The molecule has 8 nitrogen and oxygen atoms in total. The van der Waals surface area contributed by atoms with Crippen molar-refractivity contribution in [3.8, 4) is 11.5 Å². The summed E-state index contributed by atoms with van der Waals surface area (Å²) in [5.41, 5.74) is 1.68. The SMILES string of the molecule is CCOc1ccc(N(CC)S(=O)(=O)N2CCC[C@H](C(=O)NCCc3ccc(OC)cc3)C2)cc1. The number of carbonyl (C=O) groups excluding carboxylic acids is 1. The maximum absolute atomic E-state index is 13.4. The Balaban J connectivity index is 1.59. The van der Waals surface area contributed by atoms with Crippen LogP contribution in [0.15, 0.2) is 48.5 Å². The molecule has 0 radical (unpaired) electrons. The van der Waals surface area contributed by atoms with E-state index in [1.54, 1.807) is 38.3 Å². The number of amides is 1. The summed E-state index contributed by atoms with van der Waals surface area (Å²) < 4.78 is 40.3. The van der Waals surface area contributed by atoms with Crippen LogP contribution in [-0.4, -0.2) is 58.5 Å². The summed E-state index contributed by atoms with van der Waals surface area (Å²) in [4.78, 5) is 12.8. The van der Waals surface area contributed by atoms with Gasteiger partial charge in [0.1, 0.15) is 11.5 Å². The minimum atomic E-state index is -3.75. The Morgan fingerprint density at radius 2 is 1.76 bits per heavy atom. The molecule has 1 aliphatic heterocycles. The normalized spacial score (nSPS) is 16.6. The summed E-state index contributed by atoms with van der Waals surface area (Å²) in [6.45, 7) is 5.65. The molecular weight excluding hydrogens is 454 g/mol. The average molecular weight is 490 g/mol. The molecule has 9 heteroatoms. The number of hydrogen-bond donors (Lipinski definition) is 1. The first-order chi connectivity index (χ1) is 16.4. The van der Waals surface area contributed by atoms with Crippen LogP contribution >= 0.6 is 0 Å². The third kappa shape index (κ3) is 6.42. The van der Waals surface area contributed by atoms with Gasteiger partial charge in [-0.05, 0) is 75.1 Å². The Hall–Kier alpha value is -2.78. The van der Waals surface area contributed by atoms with Gasteiger partial charge in [0.25, 0.3) is 0 Å². The van der Waals surface area contributed by atoms with Gasteiger partial charge in [0.2, 0.25) is 5.91 Å². The molecule has 0 unspecified atom stereocenters. The van der Waals surface area contributed by atoms with Crippen LogP contribution in [0.4, 0.5) is 5.69 Å². The van der Waals surface area contributed by atoms with E-state index in [9.17, 15) is 13.2 Å². The molecule has 0 spiro atoms. The summed E-state index contributed by atoms with van der Waals surface area (Å²) in [6.07, 6.45) is 2.03. The lowest BCUT2D eigenvalue weighted by Gasteiger charge is -2.35. The molecule has 0 aromatic heterocycles. The smallest absolute Gasteiger partial charge is 0.304 e. The number of nitrogens with zero attached hydrogens (tertiary/aromatic N) is 2. The third-order valence-electron chi connectivity index (χ3n) is 5.95. The van der Waals surface area contributed by atoms with Gasteiger partial charge in [-0.3, -0.25) is 9.10 Å². The van der Waals surface area contributed by atoms with Gasteiger partial charge in [-0.2, -0.15) is 12.7 Å². The highest BCUT2D eigenvalue weighted by atomic mass is 32.2. The van der Waals surface area contributed by atoms with E-state index < -0.39 is 10.2 Å². The van der Waals surface area contributed by atoms with Crippen LogP contribution in [0.3, 0.4) is 0 Å². The van der Waals surface area contributed by atoms with Crippen LogP contribution in [0, 0.1) is 5.92 Å². The van der Waals surface area contributed by atoms with Crippen molar-refractivity contribution in [2.75, 3.05) is 44.2 Å². The summed E-state index contributed by atoms with van der Waals surface area (Å²) in [5.74, 6) is 1.03. The van der Waals surface area contributed by atoms with Gasteiger partial charge in [0.05, 0.1) is 25.3 Å². The van der Waals surface area contributed by atoms with Gasteiger partial charge >= 0.3 is 10.2 Å². The van der Waals surface area contributed by atoms with Crippen molar-refractivity contribution in [2.24, 2.45) is 5.92 Å². The molecule has 186 valence electrons. The van der Waals surface area contributed by atoms with Crippen molar-refractivity contribution in [3.05, 3.63) is 54.1 Å². The first kappa shape index (κ1) is 25.8. The number of carbonyl (C=O) groups is 1. The molecule has 1 aliphatic rings. The minimum absolute atomic E-state index is 0.0995. The van der Waals surface area contributed by atoms with E-state index in [1.807, 2.05) is 31.2 Å². The maximum Gasteiger partial charge on any atom is 0.304 e. The summed E-state index contributed by atoms with van der Waals surface area (Å²) in [6, 6.07) is 14.8. The van der Waals surface area contributed by atoms with E-state index in [2.05, 4.69) is 5.32 Å². The van der Waals surface area contributed by atoms with Gasteiger partial charge in [-0.1, -0.05) is 12.1 Å². The van der Waals surface area contributed by atoms with E-state index in [0.29, 0.717) is 56.9 Å². The van der Waals surface area contributed by atoms with Gasteiger partial charge in [0, 0.05) is 26.2 Å². The quantitative estimate of drug-likeness (QED) is 0.524. The van der Waals surface area contributed by atoms with Gasteiger partial charge in [0.15, 0.2) is 0 Å². The average Bonchev–Trinajstić information content (AvgIpc) is 2.86. The fraction of sp³-hybridized carbons (Fsp3) is 0.480. The van der Waals surface area contributed by atoms with Crippen molar-refractivity contribution in [1.82, 2.24) is 9.62 Å². The fourth-order valence-electron chi connectivity index (χ4n) is 4.13. The molecule has 1 saturated heterocycles. The molecule has 2 aromatic carbocycles. The van der Waals surface area contributed by atoms with Crippen LogP contribution in [0.1, 0.15) is 32.3 Å². The Morgan fingerprint density at radius 1 is 1.09 bits per heavy atom. The van der Waals surface area contributed by atoms with Crippen molar-refractivity contribution in [3.63, 3.8) is 0 Å². The van der Waals surface area contributed by atoms with Crippen LogP contribution in [0.2, 0.25) is 0 Å². The van der Waals surface area contributed by atoms with E-state index in [1.165, 1.54) is 8.61 Å². The fourth-order valence-corrected chi connectivity index (χ4v) is 5.85. The number of anilines is 1. The first-order valence-corrected chi connectivity index (χ1v) is 13.2. The number of ether oxygens (including phenoxy) is 2. The number of nitrogens with one attached hydrogen (secondary N) is 1. The van der Waals surface area contributed by atoms with Gasteiger partial charge in [-0.15, -0.1) is 0 Å². The molecule has 1 heterocycles. The molecule has 0 bridgehead atoms. The second kappa shape index (κ2) is 12.1. The van der Waals surface area contributed by atoms with Crippen LogP contribution in [0.25, 0.3) is 0 Å². The number of benzene rings is 2. The number of hydrogen-bond acceptors (Lipinski definition) is 5. The van der Waals surface area contributed by atoms with E-state index in [0.717, 1.165) is 11.3 Å². The summed E-state index contributed by atoms with van der Waals surface area (Å²) in [7, 11) is -2.13. The predicted molar refractivity (Wildman–Crippen MR) is 134 cm³/mol. The highest BCUT2D eigenvalue weighted by Gasteiger charge is 2.35. The second-order valence-corrected chi connectivity index (χ2v) is 10.0. The third-order valence-corrected chi connectivity index (χ3v) is 7.96. The maximum atomic E-state index is 13.4. The van der Waals surface area contributed by atoms with E-state index >= 15 is 0 Å². The monoisotopic (exact) mass is 489 g/mol. The van der Waals surface area contributed by atoms with Gasteiger partial charge < -0.3 is 14.8 Å². The zero-order valence-corrected chi connectivity index (χ0v) is 21.0. The van der Waals surface area contributed by atoms with Crippen LogP contribution in [-0.2, 0) is 21.4 Å². The Labute approximate surface area is 203 Å². The van der Waals surface area contributed by atoms with Crippen molar-refractivity contribution >= 4 is 21.8 Å². The summed E-state index contributed by atoms with van der Waals surface area (Å²) >= 11 is 0. The first-order valence-electron chi connectivity index (χ1n) is 11.8. The largest absolute Gasteiger partial charge is 0.497 e. The lowest BCUT2D eigenvalue weighted by Crippen LogP contribution is -2.50. The van der Waals surface area contributed by atoms with Crippen LogP contribution < -0.4 is 19.1 Å². The Morgan fingerprint density at radius 3 is 2.38 bits per heavy atom. The molecule has 34 heavy (non-hydrogen) atoms. The molecule has 2 aromatic rings. The predicted octanol–water partition coefficient (Wildman–Crippen LogP) is 3.24. The molecule has 1 atom stereocenters. The number of methoxy groups -OCH3 is 1. The zero-order valence-electron chi connectivity index (χ0n) is 20.2. The van der Waals surface area contributed by atoms with Crippen LogP contribution in [0.5, 0.6) is 11.5 Å². The minimum Gasteiger partial charge on any atom is -0.497 e. The van der Waals surface area contributed by atoms with E-state index in [4.69, 9.17) is 9.47 Å². The van der Waals surface area contributed by atoms with Gasteiger partial charge in [-0.25, -0.2) is 0 Å². The zero-order chi connectivity index (χ0) is 24.6. The standard InChI is InChI=1S/C25H35N3O5S/c1-4-28(22-10-14-24(15-11-22)33-5-2)34(30,31)27-18-6-7-21(19-27)25(29)26-17-16-20-8-12-23(32-3)13-9-20/h8-15,21H,4-7,16-19H2,1-3H3,(H,26,29)/t21-/m0/s1. The summed E-state index contributed by atoms with van der Waals surface area (Å²) in [5, 5.41) is 2.98. The second-order valence-electron chi connectivity index (χ2n) is 8.19. The lowest BCUT2D eigenvalue weighted by molar-refractivity contribution is -0.126. The number of rotatable bonds is 11. The molecular formula is C25H35N3O5S. The lowest BCUT2D eigenvalue weighted by atomic mass is 9.99. The highest BCUT2D eigenvalue weighted by molar-refractivity contribution is 7.90. The molecule has 1 fully saturated rings. The number of piperidine rings is 1.